The highest BCUT2D eigenvalue weighted by atomic mass is 16.3. The summed E-state index contributed by atoms with van der Waals surface area (Å²) in [5, 5.41) is 21.7. The molecule has 0 saturated heterocycles. The van der Waals surface area contributed by atoms with Crippen LogP contribution in [0.5, 0.6) is 0 Å². The van der Waals surface area contributed by atoms with Crippen LogP contribution in [0.15, 0.2) is 162 Å². The van der Waals surface area contributed by atoms with E-state index >= 15 is 0 Å². The second-order valence-electron chi connectivity index (χ2n) is 11.5. The molecule has 8 rings (SSSR count). The van der Waals surface area contributed by atoms with Gasteiger partial charge in [0.25, 0.3) is 0 Å². The fourth-order valence-corrected chi connectivity index (χ4v) is 6.46. The molecule has 1 heterocycles. The second-order valence-corrected chi connectivity index (χ2v) is 11.5. The zero-order valence-electron chi connectivity index (χ0n) is 25.3. The van der Waals surface area contributed by atoms with Crippen molar-refractivity contribution < 1.29 is 4.42 Å². The Kier molecular flexibility index (Phi) is 6.92. The van der Waals surface area contributed by atoms with Crippen LogP contribution in [0.1, 0.15) is 11.1 Å². The van der Waals surface area contributed by atoms with Gasteiger partial charge in [0, 0.05) is 33.0 Å². The van der Waals surface area contributed by atoms with Gasteiger partial charge in [-0.1, -0.05) is 133 Å². The average Bonchev–Trinajstić information content (AvgIpc) is 3.54. The zero-order valence-corrected chi connectivity index (χ0v) is 25.3. The monoisotopic (exact) mass is 598 g/mol. The highest BCUT2D eigenvalue weighted by Crippen LogP contribution is 2.41. The highest BCUT2D eigenvalue weighted by Gasteiger charge is 2.17. The van der Waals surface area contributed by atoms with Gasteiger partial charge in [0.05, 0.1) is 17.2 Å². The lowest BCUT2D eigenvalue weighted by molar-refractivity contribution is 0.671. The van der Waals surface area contributed by atoms with Crippen molar-refractivity contribution in [3.8, 4) is 67.8 Å². The van der Waals surface area contributed by atoms with E-state index < -0.39 is 0 Å². The first-order valence-electron chi connectivity index (χ1n) is 15.5. The molecule has 47 heavy (non-hydrogen) atoms. The number of hydrogen-bond donors (Lipinski definition) is 0. The van der Waals surface area contributed by atoms with Crippen LogP contribution in [0.4, 0.5) is 0 Å². The molecule has 3 heteroatoms. The number of nitrogens with zero attached hydrogens (tertiary/aromatic N) is 2. The van der Waals surface area contributed by atoms with Gasteiger partial charge in [0.2, 0.25) is 0 Å². The molecule has 1 aromatic heterocycles. The number of para-hydroxylation sites is 2. The van der Waals surface area contributed by atoms with Gasteiger partial charge in [-0.2, -0.15) is 10.5 Å². The fourth-order valence-electron chi connectivity index (χ4n) is 6.46. The maximum Gasteiger partial charge on any atom is 0.143 e. The molecule has 0 aliphatic rings. The van der Waals surface area contributed by atoms with E-state index in [1.165, 1.54) is 0 Å². The molecule has 7 aromatic carbocycles. The summed E-state index contributed by atoms with van der Waals surface area (Å²) in [7, 11) is 0. The minimum Gasteiger partial charge on any atom is -0.455 e. The first kappa shape index (κ1) is 27.8. The number of hydrogen-bond acceptors (Lipinski definition) is 3. The lowest BCUT2D eigenvalue weighted by atomic mass is 9.88. The third kappa shape index (κ3) is 4.94. The van der Waals surface area contributed by atoms with Crippen molar-refractivity contribution in [3.05, 3.63) is 169 Å². The lowest BCUT2D eigenvalue weighted by Crippen LogP contribution is -1.92. The van der Waals surface area contributed by atoms with Crippen molar-refractivity contribution in [2.75, 3.05) is 0 Å². The smallest absolute Gasteiger partial charge is 0.143 e. The number of rotatable bonds is 5. The van der Waals surface area contributed by atoms with E-state index in [1.807, 2.05) is 60.7 Å². The van der Waals surface area contributed by atoms with E-state index in [0.717, 1.165) is 77.6 Å². The van der Waals surface area contributed by atoms with Crippen LogP contribution in [0, 0.1) is 22.7 Å². The molecule has 0 spiro atoms. The lowest BCUT2D eigenvalue weighted by Gasteiger charge is -2.14. The van der Waals surface area contributed by atoms with Crippen molar-refractivity contribution in [2.45, 2.75) is 0 Å². The molecular weight excluding hydrogens is 572 g/mol. The molecule has 0 unspecified atom stereocenters. The molecule has 0 amide bonds. The maximum absolute atomic E-state index is 10.3. The van der Waals surface area contributed by atoms with Gasteiger partial charge in [0.1, 0.15) is 17.2 Å². The number of fused-ring (bicyclic) bond motifs is 3. The van der Waals surface area contributed by atoms with Gasteiger partial charge in [0.15, 0.2) is 0 Å². The molecule has 218 valence electrons. The quantitative estimate of drug-likeness (QED) is 0.198. The van der Waals surface area contributed by atoms with Crippen molar-refractivity contribution in [1.82, 2.24) is 0 Å². The van der Waals surface area contributed by atoms with E-state index in [2.05, 4.69) is 109 Å². The van der Waals surface area contributed by atoms with Crippen LogP contribution in [0.2, 0.25) is 0 Å². The summed E-state index contributed by atoms with van der Waals surface area (Å²) in [5.74, 6) is 0. The normalized spacial score (nSPS) is 10.9. The largest absolute Gasteiger partial charge is 0.455 e. The van der Waals surface area contributed by atoms with E-state index in [9.17, 15) is 10.5 Å². The molecule has 8 aromatic rings. The number of nitriles is 2. The summed E-state index contributed by atoms with van der Waals surface area (Å²) >= 11 is 0. The standard InChI is InChI=1S/C44H26N2O/c45-27-29-17-19-33(20-18-29)36-13-7-15-38-39-16-8-14-37(44(39)47-43(36)38)34-23-21-30(22-24-34)35-25-40(31-9-3-1-4-10-31)42(28-46)41(26-35)32-11-5-2-6-12-32/h1-26H. The van der Waals surface area contributed by atoms with Crippen LogP contribution in [-0.4, -0.2) is 0 Å². The van der Waals surface area contributed by atoms with Gasteiger partial charge in [-0.25, -0.2) is 0 Å². The summed E-state index contributed by atoms with van der Waals surface area (Å²) < 4.78 is 6.65. The number of furan rings is 1. The molecule has 0 saturated carbocycles. The Morgan fingerprint density at radius 1 is 0.362 bits per heavy atom. The van der Waals surface area contributed by atoms with Gasteiger partial charge >= 0.3 is 0 Å². The SMILES string of the molecule is N#Cc1ccc(-c2cccc3c2oc2c(-c4ccc(-c5cc(-c6ccccc6)c(C#N)c(-c6ccccc6)c5)cc4)cccc23)cc1. The molecular formula is C44H26N2O. The summed E-state index contributed by atoms with van der Waals surface area (Å²) in [5.41, 5.74) is 13.0. The van der Waals surface area contributed by atoms with E-state index in [1.54, 1.807) is 0 Å². The van der Waals surface area contributed by atoms with Crippen LogP contribution in [0.3, 0.4) is 0 Å². The van der Waals surface area contributed by atoms with Gasteiger partial charge in [-0.05, 0) is 57.6 Å². The molecule has 3 nitrogen and oxygen atoms in total. The Hall–Kier alpha value is -6.68. The third-order valence-corrected chi connectivity index (χ3v) is 8.80. The minimum atomic E-state index is 0.629. The van der Waals surface area contributed by atoms with Crippen molar-refractivity contribution >= 4 is 21.9 Å². The molecule has 0 N–H and O–H groups in total. The summed E-state index contributed by atoms with van der Waals surface area (Å²) in [4.78, 5) is 0. The van der Waals surface area contributed by atoms with Crippen LogP contribution < -0.4 is 0 Å². The molecule has 0 atom stereocenters. The Labute approximate surface area is 272 Å². The fraction of sp³-hybridized carbons (Fsp3) is 0. The van der Waals surface area contributed by atoms with E-state index in [0.29, 0.717) is 11.1 Å². The maximum atomic E-state index is 10.3. The molecule has 0 fully saturated rings. The van der Waals surface area contributed by atoms with Gasteiger partial charge in [-0.3, -0.25) is 0 Å². The summed E-state index contributed by atoms with van der Waals surface area (Å²) in [6, 6.07) is 57.8. The first-order valence-corrected chi connectivity index (χ1v) is 15.5. The minimum absolute atomic E-state index is 0.629. The van der Waals surface area contributed by atoms with Gasteiger partial charge in [-0.15, -0.1) is 0 Å². The predicted octanol–water partition coefficient (Wildman–Crippen LogP) is 11.7. The second kappa shape index (κ2) is 11.7. The first-order chi connectivity index (χ1) is 23.2. The van der Waals surface area contributed by atoms with E-state index in [-0.39, 0.29) is 0 Å². The highest BCUT2D eigenvalue weighted by molar-refractivity contribution is 6.13. The Morgan fingerprint density at radius 2 is 0.809 bits per heavy atom. The molecule has 0 aliphatic carbocycles. The summed E-state index contributed by atoms with van der Waals surface area (Å²) in [6.45, 7) is 0. The zero-order chi connectivity index (χ0) is 31.7. The van der Waals surface area contributed by atoms with E-state index in [4.69, 9.17) is 4.42 Å². The summed E-state index contributed by atoms with van der Waals surface area (Å²) in [6.07, 6.45) is 0. The number of benzene rings is 7. The Morgan fingerprint density at radius 3 is 1.28 bits per heavy atom. The van der Waals surface area contributed by atoms with Crippen molar-refractivity contribution in [2.24, 2.45) is 0 Å². The van der Waals surface area contributed by atoms with Crippen molar-refractivity contribution in [1.29, 1.82) is 10.5 Å². The van der Waals surface area contributed by atoms with Gasteiger partial charge < -0.3 is 4.42 Å². The molecule has 0 aliphatic heterocycles. The molecule has 0 bridgehead atoms. The Balaban J connectivity index is 1.24. The van der Waals surface area contributed by atoms with Crippen LogP contribution in [0.25, 0.3) is 77.6 Å². The average molecular weight is 599 g/mol. The van der Waals surface area contributed by atoms with Crippen molar-refractivity contribution in [3.63, 3.8) is 0 Å². The Bertz CT molecular complexity index is 2440. The third-order valence-electron chi connectivity index (χ3n) is 8.80. The van der Waals surface area contributed by atoms with Crippen LogP contribution >= 0.6 is 0 Å². The predicted molar refractivity (Wildman–Crippen MR) is 190 cm³/mol. The van der Waals surface area contributed by atoms with Crippen LogP contribution in [-0.2, 0) is 0 Å². The topological polar surface area (TPSA) is 60.7 Å². The molecule has 0 radical (unpaired) electrons.